The van der Waals surface area contributed by atoms with Gasteiger partial charge in [0.25, 0.3) is 10.0 Å². The Morgan fingerprint density at radius 2 is 1.61 bits per heavy atom. The molecule has 0 radical (unpaired) electrons. The summed E-state index contributed by atoms with van der Waals surface area (Å²) in [6, 6.07) is 20.5. The molecule has 6 nitrogen and oxygen atoms in total. The molecule has 0 spiro atoms. The minimum Gasteiger partial charge on any atom is -0.492 e. The van der Waals surface area contributed by atoms with Crippen LogP contribution in [-0.4, -0.2) is 39.4 Å². The molecule has 0 heterocycles. The van der Waals surface area contributed by atoms with Crippen molar-refractivity contribution in [1.82, 2.24) is 4.90 Å². The number of ether oxygens (including phenoxy) is 1. The maximum absolute atomic E-state index is 13.0. The highest BCUT2D eigenvalue weighted by molar-refractivity contribution is 7.92. The molecule has 0 atom stereocenters. The van der Waals surface area contributed by atoms with Gasteiger partial charge in [-0.15, -0.1) is 0 Å². The minimum absolute atomic E-state index is 0.0347. The van der Waals surface area contributed by atoms with Crippen molar-refractivity contribution in [1.29, 1.82) is 0 Å². The van der Waals surface area contributed by atoms with Crippen molar-refractivity contribution < 1.29 is 22.3 Å². The van der Waals surface area contributed by atoms with E-state index in [0.29, 0.717) is 18.8 Å². The Hall–Kier alpha value is -3.39. The molecule has 8 heteroatoms. The molecule has 3 aromatic rings. The molecule has 1 amide bonds. The van der Waals surface area contributed by atoms with Gasteiger partial charge < -0.3 is 9.64 Å². The Labute approximate surface area is 181 Å². The molecule has 3 aromatic carbocycles. The zero-order valence-corrected chi connectivity index (χ0v) is 17.8. The third-order valence-corrected chi connectivity index (χ3v) is 5.95. The van der Waals surface area contributed by atoms with Crippen molar-refractivity contribution in [3.63, 3.8) is 0 Å². The van der Waals surface area contributed by atoms with Gasteiger partial charge in [-0.25, -0.2) is 12.8 Å². The summed E-state index contributed by atoms with van der Waals surface area (Å²) in [6.07, 6.45) is 0.187. The van der Waals surface area contributed by atoms with E-state index in [9.17, 15) is 17.6 Å². The Bertz CT molecular complexity index is 1100. The number of carbonyl (C=O) groups is 1. The first-order valence-electron chi connectivity index (χ1n) is 9.63. The second kappa shape index (κ2) is 10.1. The molecule has 162 valence electrons. The molecule has 0 aliphatic rings. The van der Waals surface area contributed by atoms with Crippen LogP contribution in [0.1, 0.15) is 5.56 Å². The Morgan fingerprint density at radius 3 is 2.26 bits per heavy atom. The summed E-state index contributed by atoms with van der Waals surface area (Å²) >= 11 is 0. The quantitative estimate of drug-likeness (QED) is 0.548. The van der Waals surface area contributed by atoms with Crippen LogP contribution in [0.25, 0.3) is 0 Å². The standard InChI is InChI=1S/C23H23FN2O4S/c1-26(15-16-30-21-5-3-2-4-6-21)23(27)17-18-7-11-20(12-8-18)25-31(28,29)22-13-9-19(24)10-14-22/h2-14,25H,15-17H2,1H3. The molecule has 0 aromatic heterocycles. The van der Waals surface area contributed by atoms with Crippen LogP contribution in [-0.2, 0) is 21.2 Å². The molecule has 1 N–H and O–H groups in total. The lowest BCUT2D eigenvalue weighted by Crippen LogP contribution is -2.32. The number of amides is 1. The summed E-state index contributed by atoms with van der Waals surface area (Å²) < 4.78 is 45.8. The lowest BCUT2D eigenvalue weighted by Gasteiger charge is -2.17. The molecule has 31 heavy (non-hydrogen) atoms. The minimum atomic E-state index is -3.82. The van der Waals surface area contributed by atoms with E-state index in [2.05, 4.69) is 4.72 Å². The summed E-state index contributed by atoms with van der Waals surface area (Å²) in [5.41, 5.74) is 1.11. The van der Waals surface area contributed by atoms with E-state index < -0.39 is 15.8 Å². The average molecular weight is 443 g/mol. The number of hydrogen-bond donors (Lipinski definition) is 1. The summed E-state index contributed by atoms with van der Waals surface area (Å²) in [5, 5.41) is 0. The summed E-state index contributed by atoms with van der Waals surface area (Å²) in [7, 11) is -2.11. The molecule has 3 rings (SSSR count). The van der Waals surface area contributed by atoms with Crippen LogP contribution in [0.4, 0.5) is 10.1 Å². The van der Waals surface area contributed by atoms with Gasteiger partial charge in [0.1, 0.15) is 18.2 Å². The van der Waals surface area contributed by atoms with Gasteiger partial charge in [-0.1, -0.05) is 30.3 Å². The van der Waals surface area contributed by atoms with E-state index >= 15 is 0 Å². The number of anilines is 1. The summed E-state index contributed by atoms with van der Waals surface area (Å²) in [5.74, 6) is 0.169. The van der Waals surface area contributed by atoms with Crippen LogP contribution in [0.15, 0.2) is 83.8 Å². The fourth-order valence-corrected chi connectivity index (χ4v) is 3.83. The van der Waals surface area contributed by atoms with E-state index in [0.717, 1.165) is 23.4 Å². The summed E-state index contributed by atoms with van der Waals surface area (Å²) in [6.45, 7) is 0.833. The normalized spacial score (nSPS) is 11.0. The zero-order valence-electron chi connectivity index (χ0n) is 17.0. The Morgan fingerprint density at radius 1 is 0.968 bits per heavy atom. The van der Waals surface area contributed by atoms with Crippen molar-refractivity contribution >= 4 is 21.6 Å². The number of rotatable bonds is 9. The van der Waals surface area contributed by atoms with Crippen molar-refractivity contribution in [2.75, 3.05) is 24.9 Å². The van der Waals surface area contributed by atoms with E-state index in [4.69, 9.17) is 4.74 Å². The topological polar surface area (TPSA) is 75.7 Å². The lowest BCUT2D eigenvalue weighted by molar-refractivity contribution is -0.129. The van der Waals surface area contributed by atoms with Gasteiger partial charge in [0, 0.05) is 12.7 Å². The van der Waals surface area contributed by atoms with Gasteiger partial charge in [-0.3, -0.25) is 9.52 Å². The largest absolute Gasteiger partial charge is 0.492 e. The summed E-state index contributed by atoms with van der Waals surface area (Å²) in [4.78, 5) is 14.0. The molecule has 0 saturated heterocycles. The molecular formula is C23H23FN2O4S. The highest BCUT2D eigenvalue weighted by Crippen LogP contribution is 2.17. The number of benzene rings is 3. The molecule has 0 saturated carbocycles. The monoisotopic (exact) mass is 442 g/mol. The van der Waals surface area contributed by atoms with E-state index in [1.54, 1.807) is 36.2 Å². The third kappa shape index (κ3) is 6.55. The predicted molar refractivity (Wildman–Crippen MR) is 117 cm³/mol. The number of halogens is 1. The van der Waals surface area contributed by atoms with Crippen LogP contribution >= 0.6 is 0 Å². The number of para-hydroxylation sites is 1. The zero-order chi connectivity index (χ0) is 22.3. The number of nitrogens with one attached hydrogen (secondary N) is 1. The number of carbonyl (C=O) groups excluding carboxylic acids is 1. The SMILES string of the molecule is CN(CCOc1ccccc1)C(=O)Cc1ccc(NS(=O)(=O)c2ccc(F)cc2)cc1. The van der Waals surface area contributed by atoms with Crippen molar-refractivity contribution in [3.05, 3.63) is 90.2 Å². The first-order valence-corrected chi connectivity index (χ1v) is 11.1. The second-order valence-electron chi connectivity index (χ2n) is 6.91. The lowest BCUT2D eigenvalue weighted by atomic mass is 10.1. The van der Waals surface area contributed by atoms with E-state index in [1.807, 2.05) is 30.3 Å². The van der Waals surface area contributed by atoms with E-state index in [1.165, 1.54) is 12.1 Å². The highest BCUT2D eigenvalue weighted by Gasteiger charge is 2.15. The average Bonchev–Trinajstić information content (AvgIpc) is 2.76. The maximum Gasteiger partial charge on any atom is 0.261 e. The fourth-order valence-electron chi connectivity index (χ4n) is 2.77. The van der Waals surface area contributed by atoms with E-state index in [-0.39, 0.29) is 17.2 Å². The van der Waals surface area contributed by atoms with Crippen LogP contribution in [0, 0.1) is 5.82 Å². The Balaban J connectivity index is 1.51. The van der Waals surface area contributed by atoms with Gasteiger partial charge in [0.2, 0.25) is 5.91 Å². The molecule has 0 aliphatic heterocycles. The molecule has 0 aliphatic carbocycles. The van der Waals surface area contributed by atoms with Crippen LogP contribution in [0.2, 0.25) is 0 Å². The maximum atomic E-state index is 13.0. The van der Waals surface area contributed by atoms with Crippen LogP contribution in [0.5, 0.6) is 5.75 Å². The van der Waals surface area contributed by atoms with Gasteiger partial charge in [-0.2, -0.15) is 0 Å². The van der Waals surface area contributed by atoms with Crippen molar-refractivity contribution in [2.45, 2.75) is 11.3 Å². The smallest absolute Gasteiger partial charge is 0.261 e. The number of hydrogen-bond acceptors (Lipinski definition) is 4. The predicted octanol–water partition coefficient (Wildman–Crippen LogP) is 3.71. The van der Waals surface area contributed by atoms with Gasteiger partial charge >= 0.3 is 0 Å². The first kappa shape index (κ1) is 22.3. The van der Waals surface area contributed by atoms with Gasteiger partial charge in [0.15, 0.2) is 0 Å². The van der Waals surface area contributed by atoms with Crippen molar-refractivity contribution in [2.24, 2.45) is 0 Å². The van der Waals surface area contributed by atoms with Crippen LogP contribution < -0.4 is 9.46 Å². The number of nitrogens with zero attached hydrogens (tertiary/aromatic N) is 1. The van der Waals surface area contributed by atoms with Crippen molar-refractivity contribution in [3.8, 4) is 5.75 Å². The number of sulfonamides is 1. The molecule has 0 unspecified atom stereocenters. The Kier molecular flexibility index (Phi) is 7.25. The second-order valence-corrected chi connectivity index (χ2v) is 8.59. The molecular weight excluding hydrogens is 419 g/mol. The fraction of sp³-hybridized carbons (Fsp3) is 0.174. The molecule has 0 bridgehead atoms. The number of likely N-dealkylation sites (N-methyl/N-ethyl adjacent to an activating group) is 1. The highest BCUT2D eigenvalue weighted by atomic mass is 32.2. The third-order valence-electron chi connectivity index (χ3n) is 4.55. The molecule has 0 fully saturated rings. The van der Waals surface area contributed by atoms with Gasteiger partial charge in [-0.05, 0) is 54.1 Å². The van der Waals surface area contributed by atoms with Crippen LogP contribution in [0.3, 0.4) is 0 Å². The first-order chi connectivity index (χ1) is 14.8. The van der Waals surface area contributed by atoms with Gasteiger partial charge in [0.05, 0.1) is 17.9 Å².